The number of rotatable bonds is 5. The lowest BCUT2D eigenvalue weighted by Gasteiger charge is -2.17. The first-order chi connectivity index (χ1) is 11.0. The number of benzene rings is 2. The molecule has 0 spiro atoms. The molecule has 0 bridgehead atoms. The highest BCUT2D eigenvalue weighted by Gasteiger charge is 2.27. The lowest BCUT2D eigenvalue weighted by Crippen LogP contribution is -2.36. The molecule has 2 aromatic rings. The summed E-state index contributed by atoms with van der Waals surface area (Å²) in [5.74, 6) is 0. The highest BCUT2D eigenvalue weighted by molar-refractivity contribution is 14.1. The second-order valence-electron chi connectivity index (χ2n) is 5.78. The van der Waals surface area contributed by atoms with Gasteiger partial charge in [-0.1, -0.05) is 30.3 Å². The van der Waals surface area contributed by atoms with Gasteiger partial charge in [-0.3, -0.25) is 4.90 Å². The van der Waals surface area contributed by atoms with Crippen molar-refractivity contribution >= 4 is 32.6 Å². The third-order valence-electron chi connectivity index (χ3n) is 3.97. The van der Waals surface area contributed by atoms with Gasteiger partial charge < -0.3 is 0 Å². The fourth-order valence-corrected chi connectivity index (χ4v) is 4.44. The fourth-order valence-electron chi connectivity index (χ4n) is 2.82. The number of nitrogens with one attached hydrogen (secondary N) is 1. The van der Waals surface area contributed by atoms with E-state index in [0.29, 0.717) is 4.90 Å². The summed E-state index contributed by atoms with van der Waals surface area (Å²) in [5, 5.41) is 0. The molecule has 4 nitrogen and oxygen atoms in total. The minimum absolute atomic E-state index is 0.0250. The molecule has 2 aromatic carbocycles. The first-order valence-electron chi connectivity index (χ1n) is 7.57. The number of hydrogen-bond donors (Lipinski definition) is 1. The fraction of sp³-hybridized carbons (Fsp3) is 0.294. The Morgan fingerprint density at radius 3 is 2.48 bits per heavy atom. The van der Waals surface area contributed by atoms with E-state index in [1.165, 1.54) is 5.56 Å². The van der Waals surface area contributed by atoms with Gasteiger partial charge in [0, 0.05) is 29.2 Å². The van der Waals surface area contributed by atoms with Gasteiger partial charge in [0.05, 0.1) is 4.90 Å². The molecular weight excluding hydrogens is 423 g/mol. The van der Waals surface area contributed by atoms with Gasteiger partial charge in [0.1, 0.15) is 0 Å². The van der Waals surface area contributed by atoms with Crippen molar-refractivity contribution in [2.24, 2.45) is 0 Å². The van der Waals surface area contributed by atoms with Crippen molar-refractivity contribution in [2.45, 2.75) is 23.9 Å². The van der Waals surface area contributed by atoms with Crippen molar-refractivity contribution in [2.75, 3.05) is 13.1 Å². The third kappa shape index (κ3) is 4.53. The molecule has 122 valence electrons. The molecule has 1 saturated heterocycles. The van der Waals surface area contributed by atoms with Crippen molar-refractivity contribution in [3.05, 3.63) is 63.7 Å². The van der Waals surface area contributed by atoms with Gasteiger partial charge in [-0.05, 0) is 58.8 Å². The van der Waals surface area contributed by atoms with Crippen LogP contribution in [0, 0.1) is 3.57 Å². The Morgan fingerprint density at radius 1 is 1.09 bits per heavy atom. The van der Waals surface area contributed by atoms with E-state index >= 15 is 0 Å². The first-order valence-corrected chi connectivity index (χ1v) is 10.1. The first kappa shape index (κ1) is 16.9. The molecule has 0 aliphatic carbocycles. The summed E-state index contributed by atoms with van der Waals surface area (Å²) < 4.78 is 28.7. The molecule has 1 N–H and O–H groups in total. The topological polar surface area (TPSA) is 49.4 Å². The lowest BCUT2D eigenvalue weighted by atomic mass is 10.2. The zero-order valence-electron chi connectivity index (χ0n) is 12.7. The molecule has 3 rings (SSSR count). The monoisotopic (exact) mass is 442 g/mol. The Balaban J connectivity index is 1.60. The van der Waals surface area contributed by atoms with Crippen molar-refractivity contribution in [3.8, 4) is 0 Å². The van der Waals surface area contributed by atoms with E-state index < -0.39 is 10.0 Å². The average molecular weight is 442 g/mol. The van der Waals surface area contributed by atoms with Crippen LogP contribution in [0.5, 0.6) is 0 Å². The number of halogens is 1. The van der Waals surface area contributed by atoms with Crippen molar-refractivity contribution in [1.29, 1.82) is 0 Å². The zero-order valence-corrected chi connectivity index (χ0v) is 15.6. The van der Waals surface area contributed by atoms with Gasteiger partial charge in [-0.2, -0.15) is 0 Å². The van der Waals surface area contributed by atoms with E-state index in [4.69, 9.17) is 0 Å². The number of sulfonamides is 1. The Bertz CT molecular complexity index is 748. The maximum Gasteiger partial charge on any atom is 0.240 e. The van der Waals surface area contributed by atoms with E-state index in [1.54, 1.807) is 12.1 Å². The minimum atomic E-state index is -3.44. The maximum absolute atomic E-state index is 12.4. The highest BCUT2D eigenvalue weighted by atomic mass is 127. The molecule has 0 unspecified atom stereocenters. The van der Waals surface area contributed by atoms with E-state index in [1.807, 2.05) is 30.3 Å². The molecular formula is C17H19IN2O2S. The summed E-state index contributed by atoms with van der Waals surface area (Å²) in [6.07, 6.45) is 0.844. The van der Waals surface area contributed by atoms with E-state index in [9.17, 15) is 8.42 Å². The Kier molecular flexibility index (Phi) is 5.35. The Morgan fingerprint density at radius 2 is 1.78 bits per heavy atom. The van der Waals surface area contributed by atoms with Crippen LogP contribution in [-0.4, -0.2) is 32.4 Å². The summed E-state index contributed by atoms with van der Waals surface area (Å²) in [6, 6.07) is 17.2. The molecule has 0 amide bonds. The second-order valence-corrected chi connectivity index (χ2v) is 8.74. The van der Waals surface area contributed by atoms with E-state index in [2.05, 4.69) is 44.3 Å². The molecule has 1 heterocycles. The largest absolute Gasteiger partial charge is 0.297 e. The predicted molar refractivity (Wildman–Crippen MR) is 99.6 cm³/mol. The van der Waals surface area contributed by atoms with Crippen LogP contribution in [-0.2, 0) is 16.6 Å². The van der Waals surface area contributed by atoms with Gasteiger partial charge in [0.2, 0.25) is 10.0 Å². The predicted octanol–water partition coefficient (Wildman–Crippen LogP) is 2.84. The number of hydrogen-bond acceptors (Lipinski definition) is 3. The van der Waals surface area contributed by atoms with Gasteiger partial charge in [0.15, 0.2) is 0 Å². The Labute approximate surface area is 151 Å². The molecule has 1 fully saturated rings. The molecule has 1 aliphatic heterocycles. The van der Waals surface area contributed by atoms with Crippen LogP contribution in [0.25, 0.3) is 0 Å². The summed E-state index contributed by atoms with van der Waals surface area (Å²) in [6.45, 7) is 2.52. The minimum Gasteiger partial charge on any atom is -0.297 e. The smallest absolute Gasteiger partial charge is 0.240 e. The quantitative estimate of drug-likeness (QED) is 0.725. The summed E-state index contributed by atoms with van der Waals surface area (Å²) in [4.78, 5) is 2.62. The molecule has 0 saturated carbocycles. The average Bonchev–Trinajstić information content (AvgIpc) is 2.95. The second kappa shape index (κ2) is 7.29. The van der Waals surface area contributed by atoms with Crippen LogP contribution in [0.15, 0.2) is 59.5 Å². The van der Waals surface area contributed by atoms with Gasteiger partial charge in [-0.15, -0.1) is 0 Å². The van der Waals surface area contributed by atoms with E-state index in [-0.39, 0.29) is 6.04 Å². The van der Waals surface area contributed by atoms with E-state index in [0.717, 1.165) is 29.6 Å². The van der Waals surface area contributed by atoms with Crippen molar-refractivity contribution < 1.29 is 8.42 Å². The SMILES string of the molecule is O=S(=O)(N[C@H]1CCN(Cc2ccccc2)C1)c1ccc(I)cc1. The van der Waals surface area contributed by atoms with Crippen molar-refractivity contribution in [3.63, 3.8) is 0 Å². The maximum atomic E-state index is 12.4. The van der Waals surface area contributed by atoms with Crippen LogP contribution < -0.4 is 4.72 Å². The number of nitrogens with zero attached hydrogens (tertiary/aromatic N) is 1. The lowest BCUT2D eigenvalue weighted by molar-refractivity contribution is 0.324. The van der Waals surface area contributed by atoms with Crippen molar-refractivity contribution in [1.82, 2.24) is 9.62 Å². The standard InChI is InChI=1S/C17H19IN2O2S/c18-15-6-8-17(9-7-15)23(21,22)19-16-10-11-20(13-16)12-14-4-2-1-3-5-14/h1-9,16,19H,10-13H2/t16-/m0/s1. The highest BCUT2D eigenvalue weighted by Crippen LogP contribution is 2.17. The summed E-state index contributed by atoms with van der Waals surface area (Å²) in [5.41, 5.74) is 1.26. The molecule has 6 heteroatoms. The van der Waals surface area contributed by atoms with Crippen LogP contribution in [0.1, 0.15) is 12.0 Å². The molecule has 0 radical (unpaired) electrons. The molecule has 23 heavy (non-hydrogen) atoms. The summed E-state index contributed by atoms with van der Waals surface area (Å²) in [7, 11) is -3.44. The normalized spacial score (nSPS) is 19.1. The molecule has 0 aromatic heterocycles. The van der Waals surface area contributed by atoms with Gasteiger partial charge in [0.25, 0.3) is 0 Å². The van der Waals surface area contributed by atoms with Crippen LogP contribution in [0.3, 0.4) is 0 Å². The Hall–Kier alpha value is -0.960. The van der Waals surface area contributed by atoms with Crippen LogP contribution in [0.4, 0.5) is 0 Å². The van der Waals surface area contributed by atoms with Crippen LogP contribution >= 0.6 is 22.6 Å². The van der Waals surface area contributed by atoms with Gasteiger partial charge in [-0.25, -0.2) is 13.1 Å². The third-order valence-corrected chi connectivity index (χ3v) is 6.22. The molecule has 1 aliphatic rings. The zero-order chi connectivity index (χ0) is 16.3. The van der Waals surface area contributed by atoms with Gasteiger partial charge >= 0.3 is 0 Å². The number of likely N-dealkylation sites (tertiary alicyclic amines) is 1. The molecule has 1 atom stereocenters. The summed E-state index contributed by atoms with van der Waals surface area (Å²) >= 11 is 2.17. The van der Waals surface area contributed by atoms with Crippen LogP contribution in [0.2, 0.25) is 0 Å².